The van der Waals surface area contributed by atoms with Gasteiger partial charge in [0.05, 0.1) is 11.5 Å². The number of rotatable bonds is 7. The number of hydrogen-bond donors (Lipinski definition) is 1. The van der Waals surface area contributed by atoms with Crippen LogP contribution in [0.25, 0.3) is 0 Å². The van der Waals surface area contributed by atoms with Crippen LogP contribution in [0.4, 0.5) is 5.69 Å². The maximum atomic E-state index is 13.0. The molecule has 8 heteroatoms. The van der Waals surface area contributed by atoms with Crippen molar-refractivity contribution in [2.45, 2.75) is 24.3 Å². The molecule has 0 spiro atoms. The molecule has 1 N–H and O–H groups in total. The second-order valence-corrected chi connectivity index (χ2v) is 9.35. The minimum Gasteiger partial charge on any atom is -0.395 e. The number of aliphatic hydroxyl groups excluding tert-OH is 1. The Bertz CT molecular complexity index is 936. The van der Waals surface area contributed by atoms with Crippen molar-refractivity contribution >= 4 is 21.6 Å². The van der Waals surface area contributed by atoms with Crippen LogP contribution in [0.15, 0.2) is 59.5 Å². The van der Waals surface area contributed by atoms with Gasteiger partial charge in [0, 0.05) is 50.5 Å². The van der Waals surface area contributed by atoms with E-state index in [1.54, 1.807) is 19.2 Å². The van der Waals surface area contributed by atoms with E-state index in [1.165, 1.54) is 21.3 Å². The summed E-state index contributed by atoms with van der Waals surface area (Å²) < 4.78 is 27.5. The fourth-order valence-corrected chi connectivity index (χ4v) is 5.12. The predicted molar refractivity (Wildman–Crippen MR) is 117 cm³/mol. The number of aliphatic hydroxyl groups is 1. The van der Waals surface area contributed by atoms with Crippen molar-refractivity contribution < 1.29 is 18.3 Å². The summed E-state index contributed by atoms with van der Waals surface area (Å²) in [7, 11) is -1.93. The highest BCUT2D eigenvalue weighted by atomic mass is 32.2. The third-order valence-electron chi connectivity index (χ3n) is 5.66. The number of benzene rings is 2. The van der Waals surface area contributed by atoms with Crippen LogP contribution in [-0.2, 0) is 10.0 Å². The zero-order chi connectivity index (χ0) is 21.7. The molecule has 1 atom stereocenters. The van der Waals surface area contributed by atoms with Gasteiger partial charge in [0.15, 0.2) is 0 Å². The lowest BCUT2D eigenvalue weighted by Crippen LogP contribution is -2.52. The normalized spacial score (nSPS) is 16.9. The van der Waals surface area contributed by atoms with Crippen molar-refractivity contribution in [1.82, 2.24) is 9.21 Å². The fourth-order valence-electron chi connectivity index (χ4n) is 3.69. The minimum absolute atomic E-state index is 0.0711. The number of hydrogen-bond acceptors (Lipinski definition) is 5. The first kappa shape index (κ1) is 22.4. The molecular weight excluding hydrogens is 402 g/mol. The Labute approximate surface area is 178 Å². The molecule has 1 aliphatic heterocycles. The first-order valence-electron chi connectivity index (χ1n) is 10.2. The van der Waals surface area contributed by atoms with Crippen LogP contribution in [0.5, 0.6) is 0 Å². The molecule has 1 amide bonds. The standard InChI is InChI=1S/C22H29N3O4S/c1-3-19(17-26)24-13-15-25(16-14-24)30(28,29)21-11-9-18(10-12-21)22(27)23(2)20-7-5-4-6-8-20/h4-12,19,26H,3,13-17H2,1-2H3/t19-/m0/s1. The summed E-state index contributed by atoms with van der Waals surface area (Å²) in [6, 6.07) is 15.5. The van der Waals surface area contributed by atoms with Gasteiger partial charge in [-0.2, -0.15) is 4.31 Å². The molecule has 0 bridgehead atoms. The molecule has 2 aromatic carbocycles. The van der Waals surface area contributed by atoms with Gasteiger partial charge in [-0.15, -0.1) is 0 Å². The molecule has 7 nitrogen and oxygen atoms in total. The molecule has 1 saturated heterocycles. The van der Waals surface area contributed by atoms with E-state index in [0.717, 1.165) is 12.1 Å². The van der Waals surface area contributed by atoms with Gasteiger partial charge < -0.3 is 10.0 Å². The molecule has 1 aliphatic rings. The van der Waals surface area contributed by atoms with Gasteiger partial charge in [-0.3, -0.25) is 9.69 Å². The predicted octanol–water partition coefficient (Wildman–Crippen LogP) is 2.04. The summed E-state index contributed by atoms with van der Waals surface area (Å²) in [4.78, 5) is 16.6. The van der Waals surface area contributed by atoms with Gasteiger partial charge in [-0.25, -0.2) is 8.42 Å². The number of carbonyl (C=O) groups is 1. The maximum Gasteiger partial charge on any atom is 0.258 e. The van der Waals surface area contributed by atoms with Gasteiger partial charge in [0.1, 0.15) is 0 Å². The number of piperazine rings is 1. The molecular formula is C22H29N3O4S. The monoisotopic (exact) mass is 431 g/mol. The van der Waals surface area contributed by atoms with Gasteiger partial charge in [0.2, 0.25) is 10.0 Å². The maximum absolute atomic E-state index is 13.0. The van der Waals surface area contributed by atoms with E-state index < -0.39 is 10.0 Å². The van der Waals surface area contributed by atoms with Gasteiger partial charge in [0.25, 0.3) is 5.91 Å². The summed E-state index contributed by atoms with van der Waals surface area (Å²) in [5.74, 6) is -0.201. The summed E-state index contributed by atoms with van der Waals surface area (Å²) in [5, 5.41) is 9.46. The van der Waals surface area contributed by atoms with E-state index >= 15 is 0 Å². The van der Waals surface area contributed by atoms with E-state index in [4.69, 9.17) is 0 Å². The number of anilines is 1. The Morgan fingerprint density at radius 2 is 1.63 bits per heavy atom. The van der Waals surface area contributed by atoms with Crippen molar-refractivity contribution in [3.63, 3.8) is 0 Å². The lowest BCUT2D eigenvalue weighted by atomic mass is 10.2. The van der Waals surface area contributed by atoms with E-state index in [2.05, 4.69) is 4.90 Å². The van der Waals surface area contributed by atoms with Crippen LogP contribution in [0, 0.1) is 0 Å². The Kier molecular flexibility index (Phi) is 7.25. The zero-order valence-corrected chi connectivity index (χ0v) is 18.3. The molecule has 0 aliphatic carbocycles. The highest BCUT2D eigenvalue weighted by Gasteiger charge is 2.30. The second-order valence-electron chi connectivity index (χ2n) is 7.41. The first-order valence-corrected chi connectivity index (χ1v) is 11.6. The van der Waals surface area contributed by atoms with Gasteiger partial charge in [-0.1, -0.05) is 25.1 Å². The molecule has 0 aromatic heterocycles. The summed E-state index contributed by atoms with van der Waals surface area (Å²) in [6.07, 6.45) is 0.830. The average Bonchev–Trinajstić information content (AvgIpc) is 2.80. The van der Waals surface area contributed by atoms with Crippen molar-refractivity contribution in [1.29, 1.82) is 0 Å². The van der Waals surface area contributed by atoms with Crippen molar-refractivity contribution in [2.24, 2.45) is 0 Å². The van der Waals surface area contributed by atoms with Crippen molar-refractivity contribution in [2.75, 3.05) is 44.7 Å². The second kappa shape index (κ2) is 9.70. The molecule has 1 fully saturated rings. The number of nitrogens with zero attached hydrogens (tertiary/aromatic N) is 3. The molecule has 3 rings (SSSR count). The highest BCUT2D eigenvalue weighted by molar-refractivity contribution is 7.89. The Hall–Kier alpha value is -2.26. The van der Waals surface area contributed by atoms with Crippen LogP contribution >= 0.6 is 0 Å². The molecule has 162 valence electrons. The van der Waals surface area contributed by atoms with Gasteiger partial charge >= 0.3 is 0 Å². The van der Waals surface area contributed by atoms with E-state index in [0.29, 0.717) is 31.7 Å². The van der Waals surface area contributed by atoms with Crippen molar-refractivity contribution in [3.8, 4) is 0 Å². The van der Waals surface area contributed by atoms with Crippen LogP contribution in [0.2, 0.25) is 0 Å². The Balaban J connectivity index is 1.69. The summed E-state index contributed by atoms with van der Waals surface area (Å²) >= 11 is 0. The molecule has 0 saturated carbocycles. The SMILES string of the molecule is CC[C@@H](CO)N1CCN(S(=O)(=O)c2ccc(C(=O)N(C)c3ccccc3)cc2)CC1. The lowest BCUT2D eigenvalue weighted by Gasteiger charge is -2.37. The van der Waals surface area contributed by atoms with E-state index in [1.807, 2.05) is 37.3 Å². The summed E-state index contributed by atoms with van der Waals surface area (Å²) in [6.45, 7) is 4.05. The van der Waals surface area contributed by atoms with Crippen molar-refractivity contribution in [3.05, 3.63) is 60.2 Å². The topological polar surface area (TPSA) is 81.2 Å². The third-order valence-corrected chi connectivity index (χ3v) is 7.57. The Morgan fingerprint density at radius 3 is 2.17 bits per heavy atom. The molecule has 30 heavy (non-hydrogen) atoms. The molecule has 0 unspecified atom stereocenters. The quantitative estimate of drug-likeness (QED) is 0.726. The van der Waals surface area contributed by atoms with E-state index in [-0.39, 0.29) is 23.5 Å². The van der Waals surface area contributed by atoms with E-state index in [9.17, 15) is 18.3 Å². The number of sulfonamides is 1. The van der Waals surface area contributed by atoms with Crippen LogP contribution in [0.3, 0.4) is 0 Å². The van der Waals surface area contributed by atoms with Gasteiger partial charge in [-0.05, 0) is 42.8 Å². The van der Waals surface area contributed by atoms with Crippen LogP contribution in [0.1, 0.15) is 23.7 Å². The smallest absolute Gasteiger partial charge is 0.258 e. The minimum atomic E-state index is -3.62. The zero-order valence-electron chi connectivity index (χ0n) is 17.4. The third kappa shape index (κ3) is 4.73. The molecule has 2 aromatic rings. The first-order chi connectivity index (χ1) is 14.4. The number of carbonyl (C=O) groups excluding carboxylic acids is 1. The van der Waals surface area contributed by atoms with Crippen LogP contribution in [-0.4, -0.2) is 74.5 Å². The number of amides is 1. The van der Waals surface area contributed by atoms with Crippen LogP contribution < -0.4 is 4.90 Å². The lowest BCUT2D eigenvalue weighted by molar-refractivity contribution is 0.0881. The molecule has 0 radical (unpaired) electrons. The highest BCUT2D eigenvalue weighted by Crippen LogP contribution is 2.21. The number of para-hydroxylation sites is 1. The Morgan fingerprint density at radius 1 is 1.03 bits per heavy atom. The fraction of sp³-hybridized carbons (Fsp3) is 0.409. The largest absolute Gasteiger partial charge is 0.395 e. The molecule has 1 heterocycles. The summed E-state index contributed by atoms with van der Waals surface area (Å²) in [5.41, 5.74) is 1.20. The average molecular weight is 432 g/mol.